The Balaban J connectivity index is 1.82. The number of sulfone groups is 1. The van der Waals surface area contributed by atoms with Gasteiger partial charge in [-0.3, -0.25) is 4.79 Å². The lowest BCUT2D eigenvalue weighted by Gasteiger charge is -2.20. The molecule has 1 aliphatic heterocycles. The van der Waals surface area contributed by atoms with Crippen LogP contribution in [0.1, 0.15) is 27.6 Å². The summed E-state index contributed by atoms with van der Waals surface area (Å²) in [7, 11) is -3.40. The second-order valence-electron chi connectivity index (χ2n) is 5.98. The first kappa shape index (κ1) is 17.5. The largest absolute Gasteiger partial charge is 0.338 e. The summed E-state index contributed by atoms with van der Waals surface area (Å²) in [5, 5.41) is -0.670. The number of halogens is 2. The van der Waals surface area contributed by atoms with E-state index >= 15 is 0 Å². The van der Waals surface area contributed by atoms with Crippen LogP contribution >= 0.6 is 0 Å². The zero-order chi connectivity index (χ0) is 18.0. The fraction of sp³-hybridized carbons (Fsp3) is 0.278. The number of rotatable bonds is 2. The number of benzene rings is 2. The zero-order valence-corrected chi connectivity index (χ0v) is 14.2. The number of amides is 1. The van der Waals surface area contributed by atoms with Crippen LogP contribution in [0.2, 0.25) is 0 Å². The Hall–Kier alpha value is -2.28. The molecule has 1 saturated heterocycles. The van der Waals surface area contributed by atoms with Crippen LogP contribution in [0.4, 0.5) is 8.78 Å². The minimum absolute atomic E-state index is 0.00876. The van der Waals surface area contributed by atoms with Gasteiger partial charge < -0.3 is 4.90 Å². The van der Waals surface area contributed by atoms with E-state index in [2.05, 4.69) is 0 Å². The van der Waals surface area contributed by atoms with Crippen LogP contribution in [-0.4, -0.2) is 38.1 Å². The molecular weight excluding hydrogens is 348 g/mol. The van der Waals surface area contributed by atoms with Crippen LogP contribution in [0.15, 0.2) is 48.5 Å². The van der Waals surface area contributed by atoms with Crippen LogP contribution in [0.25, 0.3) is 0 Å². The van der Waals surface area contributed by atoms with Gasteiger partial charge in [0.05, 0.1) is 11.0 Å². The lowest BCUT2D eigenvalue weighted by molar-refractivity contribution is 0.0766. The van der Waals surface area contributed by atoms with Crippen molar-refractivity contribution in [2.24, 2.45) is 0 Å². The average molecular weight is 365 g/mol. The van der Waals surface area contributed by atoms with E-state index in [0.717, 1.165) is 12.1 Å². The molecule has 1 fully saturated rings. The smallest absolute Gasteiger partial charge is 0.253 e. The molecule has 3 rings (SSSR count). The first-order chi connectivity index (χ1) is 11.9. The minimum Gasteiger partial charge on any atom is -0.338 e. The van der Waals surface area contributed by atoms with E-state index in [1.54, 1.807) is 24.3 Å². The summed E-state index contributed by atoms with van der Waals surface area (Å²) < 4.78 is 51.5. The van der Waals surface area contributed by atoms with Crippen molar-refractivity contribution in [2.75, 3.05) is 18.8 Å². The molecule has 1 heterocycles. The maximum Gasteiger partial charge on any atom is 0.253 e. The number of nitrogens with zero attached hydrogens (tertiary/aromatic N) is 1. The second kappa shape index (κ2) is 6.92. The van der Waals surface area contributed by atoms with Crippen LogP contribution in [0, 0.1) is 11.6 Å². The van der Waals surface area contributed by atoms with Crippen molar-refractivity contribution < 1.29 is 22.0 Å². The Bertz CT molecular complexity index is 884. The molecule has 4 nitrogen and oxygen atoms in total. The topological polar surface area (TPSA) is 54.5 Å². The molecule has 132 valence electrons. The quantitative estimate of drug-likeness (QED) is 0.822. The number of hydrogen-bond donors (Lipinski definition) is 0. The first-order valence-corrected chi connectivity index (χ1v) is 9.61. The predicted octanol–water partition coefficient (Wildman–Crippen LogP) is 2.97. The van der Waals surface area contributed by atoms with Crippen molar-refractivity contribution in [3.63, 3.8) is 0 Å². The highest BCUT2D eigenvalue weighted by atomic mass is 32.2. The van der Waals surface area contributed by atoms with Crippen molar-refractivity contribution in [3.8, 4) is 0 Å². The van der Waals surface area contributed by atoms with E-state index < -0.39 is 32.6 Å². The molecule has 0 aliphatic carbocycles. The van der Waals surface area contributed by atoms with Crippen molar-refractivity contribution in [2.45, 2.75) is 11.7 Å². The molecule has 0 spiro atoms. The van der Waals surface area contributed by atoms with Gasteiger partial charge in [0.2, 0.25) is 0 Å². The normalized spacial score (nSPS) is 20.1. The molecule has 7 heteroatoms. The van der Waals surface area contributed by atoms with E-state index in [1.165, 1.54) is 11.0 Å². The monoisotopic (exact) mass is 365 g/mol. The second-order valence-corrected chi connectivity index (χ2v) is 8.28. The van der Waals surface area contributed by atoms with Gasteiger partial charge in [-0.1, -0.05) is 30.3 Å². The summed E-state index contributed by atoms with van der Waals surface area (Å²) in [6.07, 6.45) is 0.266. The molecule has 2 aromatic rings. The molecule has 1 unspecified atom stereocenters. The SMILES string of the molecule is O=C(c1ccc(F)c(F)c1)N1CCC(c2ccccc2)S(=O)(=O)CC1. The molecule has 0 saturated carbocycles. The third-order valence-electron chi connectivity index (χ3n) is 4.37. The summed E-state index contributed by atoms with van der Waals surface area (Å²) in [5.41, 5.74) is 0.707. The summed E-state index contributed by atoms with van der Waals surface area (Å²) in [4.78, 5) is 13.9. The summed E-state index contributed by atoms with van der Waals surface area (Å²) in [6, 6.07) is 11.8. The van der Waals surface area contributed by atoms with Gasteiger partial charge in [-0.25, -0.2) is 17.2 Å². The molecule has 2 aromatic carbocycles. The summed E-state index contributed by atoms with van der Waals surface area (Å²) in [6.45, 7) is 0.264. The van der Waals surface area contributed by atoms with E-state index in [-0.39, 0.29) is 30.8 Å². The highest BCUT2D eigenvalue weighted by Crippen LogP contribution is 2.29. The summed E-state index contributed by atoms with van der Waals surface area (Å²) >= 11 is 0. The molecule has 0 N–H and O–H groups in total. The molecule has 25 heavy (non-hydrogen) atoms. The van der Waals surface area contributed by atoms with Gasteiger partial charge in [0.1, 0.15) is 0 Å². The van der Waals surface area contributed by atoms with Crippen LogP contribution in [0.5, 0.6) is 0 Å². The first-order valence-electron chi connectivity index (χ1n) is 7.89. The van der Waals surface area contributed by atoms with Crippen molar-refractivity contribution in [1.82, 2.24) is 4.90 Å². The Kier molecular flexibility index (Phi) is 4.85. The molecule has 0 bridgehead atoms. The van der Waals surface area contributed by atoms with Crippen molar-refractivity contribution in [3.05, 3.63) is 71.3 Å². The molecule has 1 amide bonds. The van der Waals surface area contributed by atoms with E-state index in [4.69, 9.17) is 0 Å². The van der Waals surface area contributed by atoms with Crippen LogP contribution in [-0.2, 0) is 9.84 Å². The van der Waals surface area contributed by atoms with Gasteiger partial charge in [0, 0.05) is 18.7 Å². The van der Waals surface area contributed by atoms with Gasteiger partial charge in [-0.15, -0.1) is 0 Å². The molecular formula is C18H17F2NO3S. The van der Waals surface area contributed by atoms with Crippen molar-refractivity contribution in [1.29, 1.82) is 0 Å². The van der Waals surface area contributed by atoms with Gasteiger partial charge in [-0.05, 0) is 30.2 Å². The fourth-order valence-corrected chi connectivity index (χ4v) is 4.80. The molecule has 0 radical (unpaired) electrons. The maximum atomic E-state index is 13.4. The van der Waals surface area contributed by atoms with Crippen LogP contribution in [0.3, 0.4) is 0 Å². The lowest BCUT2D eigenvalue weighted by Crippen LogP contribution is -2.33. The fourth-order valence-electron chi connectivity index (χ4n) is 3.00. The van der Waals surface area contributed by atoms with E-state index in [1.807, 2.05) is 6.07 Å². The van der Waals surface area contributed by atoms with Gasteiger partial charge in [0.25, 0.3) is 5.91 Å². The highest BCUT2D eigenvalue weighted by Gasteiger charge is 2.32. The molecule has 1 atom stereocenters. The molecule has 1 aliphatic rings. The van der Waals surface area contributed by atoms with Crippen LogP contribution < -0.4 is 0 Å². The Morgan fingerprint density at radius 1 is 1.00 bits per heavy atom. The average Bonchev–Trinajstić information content (AvgIpc) is 2.75. The lowest BCUT2D eigenvalue weighted by atomic mass is 10.1. The third kappa shape index (κ3) is 3.71. The zero-order valence-electron chi connectivity index (χ0n) is 13.4. The minimum atomic E-state index is -3.40. The van der Waals surface area contributed by atoms with Crippen molar-refractivity contribution >= 4 is 15.7 Å². The van der Waals surface area contributed by atoms with Gasteiger partial charge in [0.15, 0.2) is 21.5 Å². The van der Waals surface area contributed by atoms with E-state index in [0.29, 0.717) is 5.56 Å². The number of carbonyl (C=O) groups is 1. The third-order valence-corrected chi connectivity index (χ3v) is 6.49. The standard InChI is InChI=1S/C18H17F2NO3S/c19-15-7-6-14(12-16(15)20)18(22)21-9-8-17(25(23,24)11-10-21)13-4-2-1-3-5-13/h1-7,12,17H,8-11H2. The highest BCUT2D eigenvalue weighted by molar-refractivity contribution is 7.91. The summed E-state index contributed by atoms with van der Waals surface area (Å²) in [5.74, 6) is -2.79. The number of hydrogen-bond acceptors (Lipinski definition) is 3. The number of carbonyl (C=O) groups excluding carboxylic acids is 1. The van der Waals surface area contributed by atoms with Gasteiger partial charge in [-0.2, -0.15) is 0 Å². The predicted molar refractivity (Wildman–Crippen MR) is 89.8 cm³/mol. The van der Waals surface area contributed by atoms with E-state index in [9.17, 15) is 22.0 Å². The Labute approximate surface area is 145 Å². The Morgan fingerprint density at radius 3 is 2.40 bits per heavy atom. The maximum absolute atomic E-state index is 13.4. The Morgan fingerprint density at radius 2 is 1.72 bits per heavy atom. The molecule has 0 aromatic heterocycles. The van der Waals surface area contributed by atoms with Gasteiger partial charge >= 0.3 is 0 Å².